The lowest BCUT2D eigenvalue weighted by molar-refractivity contribution is 0.485. The van der Waals surface area contributed by atoms with Crippen LogP contribution in [-0.4, -0.2) is 24.6 Å². The summed E-state index contributed by atoms with van der Waals surface area (Å²) in [5.41, 5.74) is 1.17. The Balaban J connectivity index is 2.54. The van der Waals surface area contributed by atoms with E-state index in [0.29, 0.717) is 5.92 Å². The molecule has 1 aromatic heterocycles. The Morgan fingerprint density at radius 2 is 1.95 bits per heavy atom. The first-order valence-electron chi connectivity index (χ1n) is 8.00. The van der Waals surface area contributed by atoms with Gasteiger partial charge in [0, 0.05) is 25.0 Å². The zero-order valence-corrected chi connectivity index (χ0v) is 14.6. The quantitative estimate of drug-likeness (QED) is 0.703. The Morgan fingerprint density at radius 3 is 2.50 bits per heavy atom. The minimum Gasteiger partial charge on any atom is -0.348 e. The van der Waals surface area contributed by atoms with Crippen molar-refractivity contribution < 1.29 is 0 Å². The highest BCUT2D eigenvalue weighted by Crippen LogP contribution is 2.22. The molecular weight excluding hydrogens is 266 g/mol. The summed E-state index contributed by atoms with van der Waals surface area (Å²) in [5.74, 6) is 1.47. The van der Waals surface area contributed by atoms with Crippen molar-refractivity contribution in [2.75, 3.05) is 24.5 Å². The van der Waals surface area contributed by atoms with Crippen LogP contribution < -0.4 is 10.2 Å². The van der Waals surface area contributed by atoms with Gasteiger partial charge in [0.05, 0.1) is 5.69 Å². The van der Waals surface area contributed by atoms with Crippen molar-refractivity contribution in [1.29, 1.82) is 0 Å². The molecule has 0 aliphatic carbocycles. The number of aromatic nitrogens is 1. The monoisotopic (exact) mass is 297 g/mol. The molecule has 0 aliphatic heterocycles. The van der Waals surface area contributed by atoms with Gasteiger partial charge in [0.15, 0.2) is 5.13 Å². The Bertz CT molecular complexity index is 358. The van der Waals surface area contributed by atoms with Crippen molar-refractivity contribution in [2.24, 2.45) is 11.8 Å². The van der Waals surface area contributed by atoms with Crippen LogP contribution in [0.15, 0.2) is 5.38 Å². The molecule has 1 aromatic rings. The van der Waals surface area contributed by atoms with Gasteiger partial charge < -0.3 is 10.2 Å². The predicted octanol–water partition coefficient (Wildman–Crippen LogP) is 4.15. The van der Waals surface area contributed by atoms with Crippen LogP contribution in [-0.2, 0) is 6.54 Å². The fourth-order valence-electron chi connectivity index (χ4n) is 2.21. The lowest BCUT2D eigenvalue weighted by Crippen LogP contribution is -2.29. The molecule has 116 valence electrons. The molecule has 0 fully saturated rings. The van der Waals surface area contributed by atoms with E-state index in [0.717, 1.165) is 32.1 Å². The van der Waals surface area contributed by atoms with Crippen molar-refractivity contribution in [3.63, 3.8) is 0 Å². The van der Waals surface area contributed by atoms with Gasteiger partial charge in [-0.05, 0) is 25.3 Å². The Hall–Kier alpha value is -0.610. The van der Waals surface area contributed by atoms with E-state index in [9.17, 15) is 0 Å². The van der Waals surface area contributed by atoms with Crippen LogP contribution in [0.4, 0.5) is 5.13 Å². The molecule has 0 saturated carbocycles. The van der Waals surface area contributed by atoms with Crippen molar-refractivity contribution in [2.45, 2.75) is 54.0 Å². The van der Waals surface area contributed by atoms with E-state index in [1.807, 2.05) is 0 Å². The molecule has 0 saturated heterocycles. The SMILES string of the molecule is CCC(CC)CN(CC)c1nc(CNCC(C)C)cs1. The molecule has 20 heavy (non-hydrogen) atoms. The number of anilines is 1. The van der Waals surface area contributed by atoms with E-state index >= 15 is 0 Å². The van der Waals surface area contributed by atoms with Gasteiger partial charge in [-0.1, -0.05) is 40.5 Å². The molecule has 0 aromatic carbocycles. The maximum absolute atomic E-state index is 4.78. The maximum atomic E-state index is 4.78. The lowest BCUT2D eigenvalue weighted by Gasteiger charge is -2.24. The highest BCUT2D eigenvalue weighted by atomic mass is 32.1. The fourth-order valence-corrected chi connectivity index (χ4v) is 3.11. The lowest BCUT2D eigenvalue weighted by atomic mass is 10.0. The van der Waals surface area contributed by atoms with Crippen LogP contribution in [0.1, 0.15) is 53.2 Å². The highest BCUT2D eigenvalue weighted by Gasteiger charge is 2.13. The zero-order valence-electron chi connectivity index (χ0n) is 13.8. The van der Waals surface area contributed by atoms with Gasteiger partial charge in [0.1, 0.15) is 0 Å². The molecule has 4 heteroatoms. The summed E-state index contributed by atoms with van der Waals surface area (Å²) in [6.07, 6.45) is 2.50. The molecule has 0 aliphatic rings. The number of rotatable bonds is 10. The van der Waals surface area contributed by atoms with E-state index in [-0.39, 0.29) is 0 Å². The molecule has 1 rings (SSSR count). The average molecular weight is 298 g/mol. The van der Waals surface area contributed by atoms with Crippen molar-refractivity contribution in [3.8, 4) is 0 Å². The second-order valence-corrected chi connectivity index (χ2v) is 6.70. The summed E-state index contributed by atoms with van der Waals surface area (Å²) in [6.45, 7) is 15.4. The second kappa shape index (κ2) is 9.35. The summed E-state index contributed by atoms with van der Waals surface area (Å²) >= 11 is 1.78. The Labute approximate surface area is 128 Å². The van der Waals surface area contributed by atoms with E-state index < -0.39 is 0 Å². The van der Waals surface area contributed by atoms with E-state index in [1.54, 1.807) is 11.3 Å². The third-order valence-electron chi connectivity index (χ3n) is 3.68. The smallest absolute Gasteiger partial charge is 0.185 e. The topological polar surface area (TPSA) is 28.2 Å². The summed E-state index contributed by atoms with van der Waals surface area (Å²) < 4.78 is 0. The summed E-state index contributed by atoms with van der Waals surface area (Å²) in [4.78, 5) is 7.21. The van der Waals surface area contributed by atoms with Crippen LogP contribution in [0.2, 0.25) is 0 Å². The van der Waals surface area contributed by atoms with Crippen molar-refractivity contribution in [1.82, 2.24) is 10.3 Å². The zero-order chi connectivity index (χ0) is 15.0. The minimum absolute atomic E-state index is 0.690. The number of thiazole rings is 1. The largest absolute Gasteiger partial charge is 0.348 e. The first-order valence-corrected chi connectivity index (χ1v) is 8.88. The fraction of sp³-hybridized carbons (Fsp3) is 0.812. The first kappa shape index (κ1) is 17.4. The van der Waals surface area contributed by atoms with Gasteiger partial charge in [-0.3, -0.25) is 0 Å². The second-order valence-electron chi connectivity index (χ2n) is 5.87. The molecule has 0 amide bonds. The maximum Gasteiger partial charge on any atom is 0.185 e. The molecule has 3 nitrogen and oxygen atoms in total. The van der Waals surface area contributed by atoms with Gasteiger partial charge >= 0.3 is 0 Å². The van der Waals surface area contributed by atoms with Gasteiger partial charge in [-0.2, -0.15) is 0 Å². The number of nitrogens with one attached hydrogen (secondary N) is 1. The highest BCUT2D eigenvalue weighted by molar-refractivity contribution is 7.13. The van der Waals surface area contributed by atoms with Gasteiger partial charge in [-0.25, -0.2) is 4.98 Å². The molecule has 0 unspecified atom stereocenters. The summed E-state index contributed by atoms with van der Waals surface area (Å²) in [6, 6.07) is 0. The average Bonchev–Trinajstić information content (AvgIpc) is 2.88. The van der Waals surface area contributed by atoms with Crippen LogP contribution in [0.3, 0.4) is 0 Å². The molecule has 0 atom stereocenters. The third kappa shape index (κ3) is 5.80. The standard InChI is InChI=1S/C16H31N3S/c1-6-14(7-2)11-19(8-3)16-18-15(12-20-16)10-17-9-13(4)5/h12-14,17H,6-11H2,1-5H3. The van der Waals surface area contributed by atoms with Crippen LogP contribution in [0, 0.1) is 11.8 Å². The molecule has 0 bridgehead atoms. The van der Waals surface area contributed by atoms with Gasteiger partial charge in [0.25, 0.3) is 0 Å². The van der Waals surface area contributed by atoms with Gasteiger partial charge in [-0.15, -0.1) is 11.3 Å². The first-order chi connectivity index (χ1) is 9.60. The van der Waals surface area contributed by atoms with Gasteiger partial charge in [0.2, 0.25) is 0 Å². The van der Waals surface area contributed by atoms with Crippen LogP contribution in [0.5, 0.6) is 0 Å². The normalized spacial score (nSPS) is 11.6. The summed E-state index contributed by atoms with van der Waals surface area (Å²) in [5, 5.41) is 6.83. The minimum atomic E-state index is 0.690. The molecular formula is C16H31N3S. The number of hydrogen-bond acceptors (Lipinski definition) is 4. The van der Waals surface area contributed by atoms with E-state index in [4.69, 9.17) is 4.98 Å². The van der Waals surface area contributed by atoms with Crippen molar-refractivity contribution in [3.05, 3.63) is 11.1 Å². The Kier molecular flexibility index (Phi) is 8.15. The van der Waals surface area contributed by atoms with Crippen molar-refractivity contribution >= 4 is 16.5 Å². The predicted molar refractivity (Wildman–Crippen MR) is 90.6 cm³/mol. The molecule has 1 heterocycles. The summed E-state index contributed by atoms with van der Waals surface area (Å²) in [7, 11) is 0. The number of nitrogens with zero attached hydrogens (tertiary/aromatic N) is 2. The molecule has 0 radical (unpaired) electrons. The van der Waals surface area contributed by atoms with Crippen LogP contribution in [0.25, 0.3) is 0 Å². The molecule has 0 spiro atoms. The van der Waals surface area contributed by atoms with E-state index in [2.05, 4.69) is 50.2 Å². The number of hydrogen-bond donors (Lipinski definition) is 1. The third-order valence-corrected chi connectivity index (χ3v) is 4.63. The van der Waals surface area contributed by atoms with E-state index in [1.165, 1.54) is 23.7 Å². The molecule has 1 N–H and O–H groups in total. The van der Waals surface area contributed by atoms with Crippen LogP contribution >= 0.6 is 11.3 Å². The Morgan fingerprint density at radius 1 is 1.25 bits per heavy atom.